The first-order valence-electron chi connectivity index (χ1n) is 4.22. The first-order chi connectivity index (χ1) is 5.81. The third-order valence-corrected chi connectivity index (χ3v) is 2.17. The number of rotatable bonds is 2. The lowest BCUT2D eigenvalue weighted by molar-refractivity contribution is 0.0886. The summed E-state index contributed by atoms with van der Waals surface area (Å²) in [7, 11) is 0. The second kappa shape index (κ2) is 2.75. The number of hydrogen-bond donors (Lipinski definition) is 1. The molecule has 12 heavy (non-hydrogen) atoms. The van der Waals surface area contributed by atoms with Gasteiger partial charge >= 0.3 is 0 Å². The summed E-state index contributed by atoms with van der Waals surface area (Å²) in [5.41, 5.74) is 6.45. The minimum Gasteiger partial charge on any atom is -0.326 e. The molecular formula is C9H12N2O. The molecule has 1 fully saturated rings. The van der Waals surface area contributed by atoms with Gasteiger partial charge in [-0.25, -0.2) is 0 Å². The minimum atomic E-state index is 0.217. The van der Waals surface area contributed by atoms with Crippen LogP contribution in [0.25, 0.3) is 0 Å². The van der Waals surface area contributed by atoms with Crippen molar-refractivity contribution in [2.24, 2.45) is 11.7 Å². The maximum Gasteiger partial charge on any atom is 0.233 e. The van der Waals surface area contributed by atoms with Crippen LogP contribution in [0.1, 0.15) is 23.2 Å². The molecule has 64 valence electrons. The summed E-state index contributed by atoms with van der Waals surface area (Å²) in [5.74, 6) is 0.498. The quantitative estimate of drug-likeness (QED) is 0.708. The van der Waals surface area contributed by atoms with Crippen LogP contribution in [0.15, 0.2) is 18.5 Å². The van der Waals surface area contributed by atoms with E-state index in [4.69, 9.17) is 5.73 Å². The van der Waals surface area contributed by atoms with Gasteiger partial charge in [0, 0.05) is 24.9 Å². The molecular weight excluding hydrogens is 152 g/mol. The Bertz CT molecular complexity index is 299. The third kappa shape index (κ3) is 1.28. The molecule has 3 heteroatoms. The first-order valence-corrected chi connectivity index (χ1v) is 4.22. The average molecular weight is 164 g/mol. The van der Waals surface area contributed by atoms with Crippen LogP contribution in [-0.2, 0) is 6.54 Å². The maximum atomic E-state index is 11.5. The van der Waals surface area contributed by atoms with Crippen LogP contribution in [-0.4, -0.2) is 10.5 Å². The molecule has 0 radical (unpaired) electrons. The molecule has 0 saturated heterocycles. The molecule has 1 heterocycles. The van der Waals surface area contributed by atoms with E-state index in [0.29, 0.717) is 6.54 Å². The number of nitrogens with two attached hydrogens (primary N) is 1. The molecule has 0 spiro atoms. The van der Waals surface area contributed by atoms with Gasteiger partial charge in [0.05, 0.1) is 0 Å². The van der Waals surface area contributed by atoms with E-state index < -0.39 is 0 Å². The van der Waals surface area contributed by atoms with E-state index in [1.165, 1.54) is 0 Å². The molecule has 1 saturated carbocycles. The lowest BCUT2D eigenvalue weighted by Gasteiger charge is -1.97. The number of carbonyl (C=O) groups is 1. The largest absolute Gasteiger partial charge is 0.326 e. The predicted octanol–water partition coefficient (Wildman–Crippen LogP) is 0.997. The lowest BCUT2D eigenvalue weighted by Crippen LogP contribution is -2.09. The zero-order valence-corrected chi connectivity index (χ0v) is 6.86. The molecule has 0 amide bonds. The van der Waals surface area contributed by atoms with Gasteiger partial charge in [0.25, 0.3) is 0 Å². The zero-order valence-electron chi connectivity index (χ0n) is 6.86. The second-order valence-electron chi connectivity index (χ2n) is 3.24. The fraction of sp³-hybridized carbons (Fsp3) is 0.444. The Hall–Kier alpha value is -1.09. The SMILES string of the molecule is NCc1ccn(C(=O)C2CC2)c1. The highest BCUT2D eigenvalue weighted by Crippen LogP contribution is 2.30. The minimum absolute atomic E-state index is 0.217. The topological polar surface area (TPSA) is 48.0 Å². The normalized spacial score (nSPS) is 16.4. The Morgan fingerprint density at radius 3 is 2.92 bits per heavy atom. The Kier molecular flexibility index (Phi) is 1.73. The Morgan fingerprint density at radius 1 is 1.67 bits per heavy atom. The molecule has 3 nitrogen and oxygen atoms in total. The van der Waals surface area contributed by atoms with Crippen molar-refractivity contribution < 1.29 is 4.79 Å². The van der Waals surface area contributed by atoms with Gasteiger partial charge in [-0.2, -0.15) is 0 Å². The van der Waals surface area contributed by atoms with Crippen LogP contribution in [0.2, 0.25) is 0 Å². The van der Waals surface area contributed by atoms with Gasteiger partial charge in [-0.3, -0.25) is 9.36 Å². The fourth-order valence-electron chi connectivity index (χ4n) is 1.24. The Labute approximate surface area is 71.2 Å². The summed E-state index contributed by atoms with van der Waals surface area (Å²) in [6.07, 6.45) is 5.72. The predicted molar refractivity (Wildman–Crippen MR) is 45.7 cm³/mol. The molecule has 2 N–H and O–H groups in total. The molecule has 1 aliphatic rings. The van der Waals surface area contributed by atoms with Crippen molar-refractivity contribution in [3.05, 3.63) is 24.0 Å². The van der Waals surface area contributed by atoms with E-state index in [0.717, 1.165) is 18.4 Å². The summed E-state index contributed by atoms with van der Waals surface area (Å²) < 4.78 is 1.65. The second-order valence-corrected chi connectivity index (χ2v) is 3.24. The molecule has 1 aromatic heterocycles. The zero-order chi connectivity index (χ0) is 8.55. The molecule has 0 atom stereocenters. The van der Waals surface area contributed by atoms with Gasteiger partial charge in [0.1, 0.15) is 0 Å². The fourth-order valence-corrected chi connectivity index (χ4v) is 1.24. The van der Waals surface area contributed by atoms with Crippen molar-refractivity contribution >= 4 is 5.91 Å². The van der Waals surface area contributed by atoms with Crippen LogP contribution < -0.4 is 5.73 Å². The third-order valence-electron chi connectivity index (χ3n) is 2.17. The maximum absolute atomic E-state index is 11.5. The van der Waals surface area contributed by atoms with Gasteiger partial charge in [-0.15, -0.1) is 0 Å². The smallest absolute Gasteiger partial charge is 0.233 e. The van der Waals surface area contributed by atoms with E-state index in [1.54, 1.807) is 10.8 Å². The number of aromatic nitrogens is 1. The Balaban J connectivity index is 2.16. The van der Waals surface area contributed by atoms with E-state index in [2.05, 4.69) is 0 Å². The average Bonchev–Trinajstić information content (AvgIpc) is 2.82. The van der Waals surface area contributed by atoms with Gasteiger partial charge < -0.3 is 5.73 Å². The number of carbonyl (C=O) groups excluding carboxylic acids is 1. The summed E-state index contributed by atoms with van der Waals surface area (Å²) in [4.78, 5) is 11.5. The summed E-state index contributed by atoms with van der Waals surface area (Å²) in [5, 5.41) is 0. The van der Waals surface area contributed by atoms with Crippen LogP contribution in [0, 0.1) is 5.92 Å². The molecule has 0 unspecified atom stereocenters. The summed E-state index contributed by atoms with van der Waals surface area (Å²) >= 11 is 0. The van der Waals surface area contributed by atoms with E-state index in [-0.39, 0.29) is 11.8 Å². The van der Waals surface area contributed by atoms with Crippen molar-refractivity contribution in [3.8, 4) is 0 Å². The number of nitrogens with zero attached hydrogens (tertiary/aromatic N) is 1. The standard InChI is InChI=1S/C9H12N2O/c10-5-7-3-4-11(6-7)9(12)8-1-2-8/h3-4,6,8H,1-2,5,10H2. The number of hydrogen-bond acceptors (Lipinski definition) is 2. The summed E-state index contributed by atoms with van der Waals surface area (Å²) in [6, 6.07) is 1.89. The van der Waals surface area contributed by atoms with Gasteiger partial charge in [0.15, 0.2) is 0 Å². The highest BCUT2D eigenvalue weighted by atomic mass is 16.2. The van der Waals surface area contributed by atoms with E-state index in [1.807, 2.05) is 12.3 Å². The molecule has 1 aromatic rings. The van der Waals surface area contributed by atoms with Crippen LogP contribution in [0.4, 0.5) is 0 Å². The first kappa shape index (κ1) is 7.55. The van der Waals surface area contributed by atoms with Crippen molar-refractivity contribution in [2.45, 2.75) is 19.4 Å². The highest BCUT2D eigenvalue weighted by molar-refractivity contribution is 5.83. The molecule has 0 aliphatic heterocycles. The molecule has 0 bridgehead atoms. The lowest BCUT2D eigenvalue weighted by atomic mass is 10.3. The molecule has 2 rings (SSSR count). The van der Waals surface area contributed by atoms with Gasteiger partial charge in [-0.1, -0.05) is 0 Å². The molecule has 0 aromatic carbocycles. The summed E-state index contributed by atoms with van der Waals surface area (Å²) in [6.45, 7) is 0.505. The highest BCUT2D eigenvalue weighted by Gasteiger charge is 2.30. The van der Waals surface area contributed by atoms with E-state index >= 15 is 0 Å². The van der Waals surface area contributed by atoms with Gasteiger partial charge in [0.2, 0.25) is 5.91 Å². The molecule has 1 aliphatic carbocycles. The van der Waals surface area contributed by atoms with Crippen LogP contribution in [0.3, 0.4) is 0 Å². The Morgan fingerprint density at radius 2 is 2.42 bits per heavy atom. The van der Waals surface area contributed by atoms with Crippen molar-refractivity contribution in [3.63, 3.8) is 0 Å². The van der Waals surface area contributed by atoms with E-state index in [9.17, 15) is 4.79 Å². The monoisotopic (exact) mass is 164 g/mol. The van der Waals surface area contributed by atoms with Gasteiger partial charge in [-0.05, 0) is 24.5 Å². The van der Waals surface area contributed by atoms with Crippen molar-refractivity contribution in [1.29, 1.82) is 0 Å². The van der Waals surface area contributed by atoms with Crippen molar-refractivity contribution in [2.75, 3.05) is 0 Å². The van der Waals surface area contributed by atoms with Crippen molar-refractivity contribution in [1.82, 2.24) is 4.57 Å². The van der Waals surface area contributed by atoms with Crippen LogP contribution in [0.5, 0.6) is 0 Å². The van der Waals surface area contributed by atoms with Crippen LogP contribution >= 0.6 is 0 Å².